The molecule has 0 amide bonds. The van der Waals surface area contributed by atoms with E-state index in [9.17, 15) is 0 Å². The second-order valence-corrected chi connectivity index (χ2v) is 4.20. The molecule has 3 heteroatoms. The Morgan fingerprint density at radius 3 is 2.29 bits per heavy atom. The van der Waals surface area contributed by atoms with Crippen molar-refractivity contribution >= 4 is 17.2 Å². The van der Waals surface area contributed by atoms with Gasteiger partial charge in [0, 0.05) is 5.69 Å². The molecule has 0 bridgehead atoms. The maximum atomic E-state index is 5.95. The monoisotopic (exact) mass is 227 g/mol. The van der Waals surface area contributed by atoms with Gasteiger partial charge in [-0.2, -0.15) is 0 Å². The second-order valence-electron chi connectivity index (χ2n) is 4.20. The van der Waals surface area contributed by atoms with Crippen LogP contribution < -0.4 is 11.1 Å². The van der Waals surface area contributed by atoms with E-state index in [4.69, 9.17) is 5.73 Å². The minimum atomic E-state index is 0.779. The zero-order valence-corrected chi connectivity index (χ0v) is 10.4. The highest BCUT2D eigenvalue weighted by molar-refractivity contribution is 5.66. The number of hydrogen-bond acceptors (Lipinski definition) is 3. The van der Waals surface area contributed by atoms with Crippen LogP contribution in [0, 0.1) is 20.8 Å². The van der Waals surface area contributed by atoms with Gasteiger partial charge in [0.15, 0.2) is 0 Å². The van der Waals surface area contributed by atoms with Crippen molar-refractivity contribution in [2.45, 2.75) is 20.8 Å². The third-order valence-electron chi connectivity index (χ3n) is 3.03. The maximum Gasteiger partial charge on any atom is 0.133 e. The Hall–Kier alpha value is -2.03. The van der Waals surface area contributed by atoms with E-state index in [1.807, 2.05) is 51.1 Å². The molecule has 0 aliphatic carbocycles. The number of nitrogens with two attached hydrogens (primary N) is 1. The molecule has 0 atom stereocenters. The average molecular weight is 227 g/mol. The highest BCUT2D eigenvalue weighted by atomic mass is 15.0. The average Bonchev–Trinajstić information content (AvgIpc) is 2.35. The van der Waals surface area contributed by atoms with Crippen LogP contribution in [0.3, 0.4) is 0 Å². The molecule has 1 heterocycles. The molecule has 2 aromatic rings. The molecule has 3 N–H and O–H groups in total. The van der Waals surface area contributed by atoms with E-state index in [0.29, 0.717) is 0 Å². The Bertz CT molecular complexity index is 533. The predicted molar refractivity (Wildman–Crippen MR) is 72.6 cm³/mol. The zero-order valence-electron chi connectivity index (χ0n) is 10.4. The minimum Gasteiger partial charge on any atom is -0.397 e. The Morgan fingerprint density at radius 1 is 1.00 bits per heavy atom. The molecule has 17 heavy (non-hydrogen) atoms. The molecule has 88 valence electrons. The van der Waals surface area contributed by atoms with Crippen molar-refractivity contribution in [2.24, 2.45) is 0 Å². The lowest BCUT2D eigenvalue weighted by Gasteiger charge is -2.14. The van der Waals surface area contributed by atoms with E-state index < -0.39 is 0 Å². The Balaban J connectivity index is 2.41. The first-order chi connectivity index (χ1) is 8.09. The van der Waals surface area contributed by atoms with Gasteiger partial charge in [0.2, 0.25) is 0 Å². The number of aromatic nitrogens is 1. The van der Waals surface area contributed by atoms with Crippen molar-refractivity contribution < 1.29 is 0 Å². The van der Waals surface area contributed by atoms with Gasteiger partial charge in [0.1, 0.15) is 5.82 Å². The van der Waals surface area contributed by atoms with Gasteiger partial charge in [-0.3, -0.25) is 0 Å². The smallest absolute Gasteiger partial charge is 0.133 e. The molecule has 3 nitrogen and oxygen atoms in total. The summed E-state index contributed by atoms with van der Waals surface area (Å²) in [5, 5.41) is 3.31. The van der Waals surface area contributed by atoms with Crippen LogP contribution in [0.1, 0.15) is 16.8 Å². The number of pyridine rings is 1. The van der Waals surface area contributed by atoms with Gasteiger partial charge < -0.3 is 11.1 Å². The number of nitrogen functional groups attached to an aromatic ring is 1. The summed E-state index contributed by atoms with van der Waals surface area (Å²) in [6, 6.07) is 10.0. The molecular formula is C14H17N3. The summed E-state index contributed by atoms with van der Waals surface area (Å²) in [7, 11) is 0. The van der Waals surface area contributed by atoms with Crippen LogP contribution in [0.5, 0.6) is 0 Å². The fourth-order valence-corrected chi connectivity index (χ4v) is 1.74. The topological polar surface area (TPSA) is 50.9 Å². The molecule has 1 aromatic carbocycles. The van der Waals surface area contributed by atoms with Gasteiger partial charge in [-0.05, 0) is 44.0 Å². The van der Waals surface area contributed by atoms with Crippen molar-refractivity contribution in [2.75, 3.05) is 11.1 Å². The van der Waals surface area contributed by atoms with E-state index in [1.54, 1.807) is 0 Å². The van der Waals surface area contributed by atoms with E-state index >= 15 is 0 Å². The number of nitrogens with zero attached hydrogens (tertiary/aromatic N) is 1. The molecule has 1 aromatic heterocycles. The first-order valence-corrected chi connectivity index (χ1v) is 5.65. The van der Waals surface area contributed by atoms with Crippen LogP contribution >= 0.6 is 0 Å². The number of nitrogens with one attached hydrogen (secondary N) is 1. The minimum absolute atomic E-state index is 0.779. The van der Waals surface area contributed by atoms with E-state index in [-0.39, 0.29) is 0 Å². The molecule has 0 aliphatic rings. The van der Waals surface area contributed by atoms with Gasteiger partial charge in [-0.1, -0.05) is 18.2 Å². The molecule has 0 aliphatic heterocycles. The largest absolute Gasteiger partial charge is 0.397 e. The van der Waals surface area contributed by atoms with E-state index in [0.717, 1.165) is 34.0 Å². The van der Waals surface area contributed by atoms with Crippen LogP contribution in [0.2, 0.25) is 0 Å². The number of para-hydroxylation sites is 1. The first kappa shape index (κ1) is 11.5. The highest BCUT2D eigenvalue weighted by Crippen LogP contribution is 2.26. The quantitative estimate of drug-likeness (QED) is 0.827. The SMILES string of the molecule is Cc1nc(Nc2ccccc2)c(C)c(C)c1N. The van der Waals surface area contributed by atoms with Crippen molar-refractivity contribution in [1.82, 2.24) is 4.98 Å². The fourth-order valence-electron chi connectivity index (χ4n) is 1.74. The van der Waals surface area contributed by atoms with Gasteiger partial charge in [-0.15, -0.1) is 0 Å². The summed E-state index contributed by atoms with van der Waals surface area (Å²) in [5.41, 5.74) is 10.8. The summed E-state index contributed by atoms with van der Waals surface area (Å²) in [6.45, 7) is 5.98. The predicted octanol–water partition coefficient (Wildman–Crippen LogP) is 3.33. The fraction of sp³-hybridized carbons (Fsp3) is 0.214. The van der Waals surface area contributed by atoms with Gasteiger partial charge in [-0.25, -0.2) is 4.98 Å². The van der Waals surface area contributed by atoms with Crippen LogP contribution in [0.25, 0.3) is 0 Å². The third-order valence-corrected chi connectivity index (χ3v) is 3.03. The Labute approximate surface area is 102 Å². The normalized spacial score (nSPS) is 10.3. The lowest BCUT2D eigenvalue weighted by atomic mass is 10.1. The first-order valence-electron chi connectivity index (χ1n) is 5.65. The molecule has 0 unspecified atom stereocenters. The number of hydrogen-bond donors (Lipinski definition) is 2. The molecule has 0 saturated carbocycles. The van der Waals surface area contributed by atoms with Crippen LogP contribution in [-0.2, 0) is 0 Å². The van der Waals surface area contributed by atoms with Gasteiger partial charge in [0.25, 0.3) is 0 Å². The number of anilines is 3. The van der Waals surface area contributed by atoms with E-state index in [1.165, 1.54) is 0 Å². The molecule has 2 rings (SSSR count). The molecule has 0 saturated heterocycles. The van der Waals surface area contributed by atoms with Crippen LogP contribution in [0.4, 0.5) is 17.2 Å². The van der Waals surface area contributed by atoms with Gasteiger partial charge in [0.05, 0.1) is 11.4 Å². The summed E-state index contributed by atoms with van der Waals surface area (Å²) in [6.07, 6.45) is 0. The third kappa shape index (κ3) is 2.23. The van der Waals surface area contributed by atoms with E-state index in [2.05, 4.69) is 10.3 Å². The number of aryl methyl sites for hydroxylation is 1. The maximum absolute atomic E-state index is 5.95. The van der Waals surface area contributed by atoms with Crippen molar-refractivity contribution in [3.05, 3.63) is 47.2 Å². The summed E-state index contributed by atoms with van der Waals surface area (Å²) < 4.78 is 0. The Kier molecular flexibility index (Phi) is 3.00. The van der Waals surface area contributed by atoms with Crippen molar-refractivity contribution in [3.8, 4) is 0 Å². The number of rotatable bonds is 2. The lowest BCUT2D eigenvalue weighted by molar-refractivity contribution is 1.15. The molecule has 0 fully saturated rings. The standard InChI is InChI=1S/C14H17N3/c1-9-10(2)14(16-11(3)13(9)15)17-12-7-5-4-6-8-12/h4-8H,15H2,1-3H3,(H,16,17). The molecular weight excluding hydrogens is 210 g/mol. The summed E-state index contributed by atoms with van der Waals surface area (Å²) in [4.78, 5) is 4.49. The van der Waals surface area contributed by atoms with Crippen LogP contribution in [0.15, 0.2) is 30.3 Å². The lowest BCUT2D eigenvalue weighted by Crippen LogP contribution is -2.04. The Morgan fingerprint density at radius 2 is 1.65 bits per heavy atom. The van der Waals surface area contributed by atoms with Crippen molar-refractivity contribution in [3.63, 3.8) is 0 Å². The second kappa shape index (κ2) is 4.45. The summed E-state index contributed by atoms with van der Waals surface area (Å²) >= 11 is 0. The molecule has 0 spiro atoms. The highest BCUT2D eigenvalue weighted by Gasteiger charge is 2.09. The van der Waals surface area contributed by atoms with Crippen LogP contribution in [-0.4, -0.2) is 4.98 Å². The summed E-state index contributed by atoms with van der Waals surface area (Å²) in [5.74, 6) is 0.875. The van der Waals surface area contributed by atoms with Gasteiger partial charge >= 0.3 is 0 Å². The zero-order chi connectivity index (χ0) is 12.4. The van der Waals surface area contributed by atoms with Crippen molar-refractivity contribution in [1.29, 1.82) is 0 Å². The number of benzene rings is 1. The molecule has 0 radical (unpaired) electrons.